The average molecular weight is 249 g/mol. The van der Waals surface area contributed by atoms with E-state index in [0.29, 0.717) is 5.92 Å². The van der Waals surface area contributed by atoms with Crippen LogP contribution in [0, 0.1) is 0 Å². The minimum atomic E-state index is 0.639. The zero-order chi connectivity index (χ0) is 11.8. The van der Waals surface area contributed by atoms with Crippen LogP contribution < -0.4 is 0 Å². The summed E-state index contributed by atoms with van der Waals surface area (Å²) in [5.74, 6) is 1.88. The number of imidazole rings is 1. The van der Waals surface area contributed by atoms with Crippen LogP contribution in [0.4, 0.5) is 0 Å². The predicted octanol–water partition coefficient (Wildman–Crippen LogP) is 4.27. The number of aryl methyl sites for hydroxylation is 1. The monoisotopic (exact) mass is 248 g/mol. The molecule has 0 saturated heterocycles. The van der Waals surface area contributed by atoms with E-state index in [9.17, 15) is 0 Å². The van der Waals surface area contributed by atoms with Crippen LogP contribution in [0.3, 0.4) is 0 Å². The second-order valence-electron chi connectivity index (χ2n) is 5.00. The number of nitrogens with zero attached hydrogens (tertiary/aromatic N) is 2. The minimum absolute atomic E-state index is 0.639. The second-order valence-corrected chi connectivity index (χ2v) is 5.43. The molecule has 1 aromatic carbocycles. The molecule has 1 aliphatic rings. The third-order valence-electron chi connectivity index (χ3n) is 3.85. The van der Waals surface area contributed by atoms with Crippen molar-refractivity contribution in [3.05, 3.63) is 29.0 Å². The van der Waals surface area contributed by atoms with E-state index >= 15 is 0 Å². The fraction of sp³-hybridized carbons (Fsp3) is 0.500. The molecule has 2 nitrogen and oxygen atoms in total. The largest absolute Gasteiger partial charge is 0.331 e. The lowest BCUT2D eigenvalue weighted by molar-refractivity contribution is 0.423. The highest BCUT2D eigenvalue weighted by Crippen LogP contribution is 2.33. The van der Waals surface area contributed by atoms with Gasteiger partial charge in [-0.25, -0.2) is 4.98 Å². The van der Waals surface area contributed by atoms with Gasteiger partial charge in [-0.2, -0.15) is 0 Å². The first-order valence-corrected chi connectivity index (χ1v) is 6.75. The van der Waals surface area contributed by atoms with Gasteiger partial charge in [-0.1, -0.05) is 30.9 Å². The number of hydrogen-bond acceptors (Lipinski definition) is 1. The van der Waals surface area contributed by atoms with Gasteiger partial charge in [0.2, 0.25) is 0 Å². The Labute approximate surface area is 107 Å². The van der Waals surface area contributed by atoms with E-state index in [0.717, 1.165) is 16.1 Å². The molecule has 0 amide bonds. The number of rotatable bonds is 1. The maximum Gasteiger partial charge on any atom is 0.112 e. The Morgan fingerprint density at radius 3 is 2.76 bits per heavy atom. The van der Waals surface area contributed by atoms with Crippen molar-refractivity contribution in [3.8, 4) is 0 Å². The summed E-state index contributed by atoms with van der Waals surface area (Å²) in [5, 5.41) is 0.788. The summed E-state index contributed by atoms with van der Waals surface area (Å²) in [4.78, 5) is 4.78. The molecule has 0 bridgehead atoms. The quantitative estimate of drug-likeness (QED) is 0.737. The van der Waals surface area contributed by atoms with E-state index < -0.39 is 0 Å². The van der Waals surface area contributed by atoms with Crippen LogP contribution in [0.15, 0.2) is 18.2 Å². The summed E-state index contributed by atoms with van der Waals surface area (Å²) < 4.78 is 2.22. The summed E-state index contributed by atoms with van der Waals surface area (Å²) in [6, 6.07) is 5.95. The maximum absolute atomic E-state index is 6.04. The topological polar surface area (TPSA) is 17.8 Å². The number of aromatic nitrogens is 2. The van der Waals surface area contributed by atoms with Crippen LogP contribution in [0.2, 0.25) is 5.02 Å². The molecule has 1 aliphatic carbocycles. The predicted molar refractivity (Wildman–Crippen MR) is 71.6 cm³/mol. The molecule has 90 valence electrons. The molecule has 1 fully saturated rings. The van der Waals surface area contributed by atoms with E-state index in [1.54, 1.807) is 0 Å². The van der Waals surface area contributed by atoms with Crippen LogP contribution in [0.1, 0.15) is 43.8 Å². The third-order valence-corrected chi connectivity index (χ3v) is 4.08. The molecule has 0 radical (unpaired) electrons. The minimum Gasteiger partial charge on any atom is -0.331 e. The Bertz CT molecular complexity index is 538. The zero-order valence-electron chi connectivity index (χ0n) is 10.1. The van der Waals surface area contributed by atoms with Gasteiger partial charge in [0.15, 0.2) is 0 Å². The molecule has 0 spiro atoms. The van der Waals surface area contributed by atoms with Crippen molar-refractivity contribution in [2.75, 3.05) is 0 Å². The second kappa shape index (κ2) is 4.34. The standard InChI is InChI=1S/C14H17ClN2/c1-17-13-9-11(15)7-8-12(13)16-14(17)10-5-3-2-4-6-10/h7-10H,2-6H2,1H3. The SMILES string of the molecule is Cn1c(C2CCCCC2)nc2ccc(Cl)cc21. The van der Waals surface area contributed by atoms with Gasteiger partial charge in [-0.15, -0.1) is 0 Å². The number of benzene rings is 1. The third kappa shape index (κ3) is 1.95. The van der Waals surface area contributed by atoms with Gasteiger partial charge in [0.05, 0.1) is 11.0 Å². The van der Waals surface area contributed by atoms with Crippen LogP contribution in [0.5, 0.6) is 0 Å². The summed E-state index contributed by atoms with van der Waals surface area (Å²) >= 11 is 6.04. The van der Waals surface area contributed by atoms with Gasteiger partial charge in [-0.05, 0) is 31.0 Å². The van der Waals surface area contributed by atoms with Crippen LogP contribution in [-0.2, 0) is 7.05 Å². The number of fused-ring (bicyclic) bond motifs is 1. The summed E-state index contributed by atoms with van der Waals surface area (Å²) in [7, 11) is 2.11. The Hall–Kier alpha value is -1.02. The van der Waals surface area contributed by atoms with Crippen molar-refractivity contribution < 1.29 is 0 Å². The molecule has 1 aromatic heterocycles. The van der Waals surface area contributed by atoms with Gasteiger partial charge >= 0.3 is 0 Å². The molecule has 3 rings (SSSR count). The van der Waals surface area contributed by atoms with E-state index in [1.807, 2.05) is 18.2 Å². The van der Waals surface area contributed by atoms with Crippen molar-refractivity contribution in [2.24, 2.45) is 7.05 Å². The lowest BCUT2D eigenvalue weighted by atomic mass is 9.89. The van der Waals surface area contributed by atoms with Crippen molar-refractivity contribution in [2.45, 2.75) is 38.0 Å². The van der Waals surface area contributed by atoms with Crippen molar-refractivity contribution in [3.63, 3.8) is 0 Å². The van der Waals surface area contributed by atoms with Gasteiger partial charge < -0.3 is 4.57 Å². The summed E-state index contributed by atoms with van der Waals surface area (Å²) in [5.41, 5.74) is 2.22. The lowest BCUT2D eigenvalue weighted by Gasteiger charge is -2.20. The molecule has 0 N–H and O–H groups in total. The van der Waals surface area contributed by atoms with Gasteiger partial charge in [0.25, 0.3) is 0 Å². The van der Waals surface area contributed by atoms with Gasteiger partial charge in [0, 0.05) is 18.0 Å². The zero-order valence-corrected chi connectivity index (χ0v) is 10.9. The van der Waals surface area contributed by atoms with Crippen LogP contribution >= 0.6 is 11.6 Å². The molecule has 3 heteroatoms. The molecule has 0 atom stereocenters. The normalized spacial score (nSPS) is 17.8. The van der Waals surface area contributed by atoms with E-state index in [1.165, 1.54) is 37.9 Å². The smallest absolute Gasteiger partial charge is 0.112 e. The summed E-state index contributed by atoms with van der Waals surface area (Å²) in [6.45, 7) is 0. The molecule has 1 heterocycles. The molecule has 0 aliphatic heterocycles. The molecular weight excluding hydrogens is 232 g/mol. The Balaban J connectivity index is 2.07. The number of hydrogen-bond donors (Lipinski definition) is 0. The van der Waals surface area contributed by atoms with Crippen molar-refractivity contribution >= 4 is 22.6 Å². The molecule has 2 aromatic rings. The highest BCUT2D eigenvalue weighted by atomic mass is 35.5. The Morgan fingerprint density at radius 1 is 1.24 bits per heavy atom. The average Bonchev–Trinajstić information content (AvgIpc) is 2.68. The number of halogens is 1. The fourth-order valence-electron chi connectivity index (χ4n) is 2.91. The first-order valence-electron chi connectivity index (χ1n) is 6.37. The van der Waals surface area contributed by atoms with E-state index in [-0.39, 0.29) is 0 Å². The lowest BCUT2D eigenvalue weighted by Crippen LogP contribution is -2.10. The first kappa shape index (κ1) is 11.1. The highest BCUT2D eigenvalue weighted by molar-refractivity contribution is 6.31. The fourth-order valence-corrected chi connectivity index (χ4v) is 3.07. The molecular formula is C14H17ClN2. The van der Waals surface area contributed by atoms with Gasteiger partial charge in [-0.3, -0.25) is 0 Å². The van der Waals surface area contributed by atoms with Crippen LogP contribution in [0.25, 0.3) is 11.0 Å². The van der Waals surface area contributed by atoms with E-state index in [4.69, 9.17) is 16.6 Å². The highest BCUT2D eigenvalue weighted by Gasteiger charge is 2.20. The van der Waals surface area contributed by atoms with Gasteiger partial charge in [0.1, 0.15) is 5.82 Å². The Morgan fingerprint density at radius 2 is 2.00 bits per heavy atom. The molecule has 17 heavy (non-hydrogen) atoms. The van der Waals surface area contributed by atoms with Crippen LogP contribution in [-0.4, -0.2) is 9.55 Å². The molecule has 1 saturated carbocycles. The van der Waals surface area contributed by atoms with Crippen molar-refractivity contribution in [1.82, 2.24) is 9.55 Å². The van der Waals surface area contributed by atoms with Crippen molar-refractivity contribution in [1.29, 1.82) is 0 Å². The maximum atomic E-state index is 6.04. The summed E-state index contributed by atoms with van der Waals surface area (Å²) in [6.07, 6.45) is 6.63. The Kier molecular flexibility index (Phi) is 2.83. The molecule has 0 unspecified atom stereocenters. The van der Waals surface area contributed by atoms with E-state index in [2.05, 4.69) is 11.6 Å². The first-order chi connectivity index (χ1) is 8.25.